The van der Waals surface area contributed by atoms with Crippen molar-refractivity contribution >= 4 is 17.2 Å². The van der Waals surface area contributed by atoms with Gasteiger partial charge in [-0.3, -0.25) is 4.79 Å². The molecular formula is C19H17FN2OS. The molecule has 5 heteroatoms. The number of hydrogen-bond acceptors (Lipinski definition) is 3. The van der Waals surface area contributed by atoms with Crippen LogP contribution in [0.15, 0.2) is 54.7 Å². The van der Waals surface area contributed by atoms with Crippen molar-refractivity contribution in [3.63, 3.8) is 0 Å². The predicted molar refractivity (Wildman–Crippen MR) is 93.7 cm³/mol. The van der Waals surface area contributed by atoms with Crippen LogP contribution in [0.5, 0.6) is 0 Å². The Balaban J connectivity index is 1.58. The van der Waals surface area contributed by atoms with Gasteiger partial charge in [0.15, 0.2) is 0 Å². The molecule has 1 heterocycles. The summed E-state index contributed by atoms with van der Waals surface area (Å²) >= 11 is 1.57. The molecule has 1 N–H and O–H groups in total. The van der Waals surface area contributed by atoms with Gasteiger partial charge in [-0.05, 0) is 30.7 Å². The molecule has 1 amide bonds. The highest BCUT2D eigenvalue weighted by atomic mass is 32.1. The van der Waals surface area contributed by atoms with E-state index in [0.29, 0.717) is 12.1 Å². The number of nitrogens with zero attached hydrogens (tertiary/aromatic N) is 1. The van der Waals surface area contributed by atoms with E-state index in [0.717, 1.165) is 16.3 Å². The topological polar surface area (TPSA) is 42.0 Å². The number of halogens is 1. The van der Waals surface area contributed by atoms with Gasteiger partial charge in [-0.25, -0.2) is 9.37 Å². The van der Waals surface area contributed by atoms with Crippen molar-refractivity contribution in [3.05, 3.63) is 87.1 Å². The molecule has 0 aliphatic carbocycles. The Labute approximate surface area is 144 Å². The van der Waals surface area contributed by atoms with Gasteiger partial charge in [-0.15, -0.1) is 11.3 Å². The zero-order chi connectivity index (χ0) is 16.9. The van der Waals surface area contributed by atoms with Crippen molar-refractivity contribution in [1.29, 1.82) is 0 Å². The number of nitrogens with one attached hydrogen (secondary N) is 1. The molecule has 2 aromatic carbocycles. The van der Waals surface area contributed by atoms with E-state index in [-0.39, 0.29) is 5.91 Å². The Bertz CT molecular complexity index is 843. The molecule has 3 aromatic rings. The van der Waals surface area contributed by atoms with Crippen LogP contribution in [0.3, 0.4) is 0 Å². The maximum atomic E-state index is 13.1. The number of aromatic nitrogens is 1. The Hall–Kier alpha value is -2.53. The van der Waals surface area contributed by atoms with Crippen molar-refractivity contribution in [2.45, 2.75) is 19.9 Å². The summed E-state index contributed by atoms with van der Waals surface area (Å²) in [6.45, 7) is 2.41. The number of aryl methyl sites for hydroxylation is 1. The van der Waals surface area contributed by atoms with Gasteiger partial charge in [-0.2, -0.15) is 0 Å². The van der Waals surface area contributed by atoms with Crippen LogP contribution in [0.2, 0.25) is 0 Å². The third-order valence-corrected chi connectivity index (χ3v) is 4.58. The minimum absolute atomic E-state index is 0.301. The van der Waals surface area contributed by atoms with Gasteiger partial charge in [0.25, 0.3) is 5.91 Å². The summed E-state index contributed by atoms with van der Waals surface area (Å²) in [5.74, 6) is -0.720. The average Bonchev–Trinajstić information content (AvgIpc) is 3.02. The number of rotatable bonds is 5. The molecule has 24 heavy (non-hydrogen) atoms. The number of benzene rings is 2. The molecule has 0 aliphatic heterocycles. The lowest BCUT2D eigenvalue weighted by atomic mass is 10.1. The molecule has 0 aliphatic rings. The minimum atomic E-state index is -0.419. The van der Waals surface area contributed by atoms with Crippen LogP contribution in [-0.4, -0.2) is 10.9 Å². The van der Waals surface area contributed by atoms with E-state index in [1.165, 1.54) is 29.3 Å². The van der Waals surface area contributed by atoms with E-state index in [9.17, 15) is 9.18 Å². The van der Waals surface area contributed by atoms with Gasteiger partial charge in [0.2, 0.25) is 0 Å². The van der Waals surface area contributed by atoms with E-state index in [1.807, 2.05) is 6.20 Å². The van der Waals surface area contributed by atoms with Crippen LogP contribution in [-0.2, 0) is 13.0 Å². The highest BCUT2D eigenvalue weighted by Gasteiger charge is 2.08. The summed E-state index contributed by atoms with van der Waals surface area (Å²) in [7, 11) is 0. The summed E-state index contributed by atoms with van der Waals surface area (Å²) in [5.41, 5.74) is 2.79. The molecule has 0 radical (unpaired) electrons. The first-order valence-corrected chi connectivity index (χ1v) is 8.45. The number of hydrogen-bond donors (Lipinski definition) is 1. The molecule has 0 spiro atoms. The molecule has 0 atom stereocenters. The Morgan fingerprint density at radius 1 is 1.21 bits per heavy atom. The maximum Gasteiger partial charge on any atom is 0.251 e. The molecule has 0 saturated carbocycles. The van der Waals surface area contributed by atoms with Gasteiger partial charge in [0, 0.05) is 23.1 Å². The second kappa shape index (κ2) is 7.36. The third-order valence-electron chi connectivity index (χ3n) is 3.59. The number of thiazole rings is 1. The standard InChI is InChI=1S/C19H17FN2OS/c1-13-5-7-14(8-6-13)9-17-11-21-18(24-17)12-22-19(23)15-3-2-4-16(20)10-15/h2-8,10-11H,9,12H2,1H3,(H,22,23). The van der Waals surface area contributed by atoms with Crippen LogP contribution >= 0.6 is 11.3 Å². The van der Waals surface area contributed by atoms with Crippen LogP contribution in [0.25, 0.3) is 0 Å². The molecule has 3 rings (SSSR count). The average molecular weight is 340 g/mol. The van der Waals surface area contributed by atoms with Gasteiger partial charge in [0.1, 0.15) is 10.8 Å². The second-order valence-corrected chi connectivity index (χ2v) is 6.78. The Kier molecular flexibility index (Phi) is 5.01. The summed E-state index contributed by atoms with van der Waals surface area (Å²) in [5, 5.41) is 3.60. The molecular weight excluding hydrogens is 323 g/mol. The Morgan fingerprint density at radius 3 is 2.75 bits per heavy atom. The lowest BCUT2D eigenvalue weighted by Crippen LogP contribution is -2.22. The molecule has 0 unspecified atom stereocenters. The van der Waals surface area contributed by atoms with Crippen molar-refractivity contribution in [2.75, 3.05) is 0 Å². The fourth-order valence-corrected chi connectivity index (χ4v) is 3.20. The van der Waals surface area contributed by atoms with Crippen LogP contribution in [0, 0.1) is 12.7 Å². The summed E-state index contributed by atoms with van der Waals surface area (Å²) in [6, 6.07) is 14.1. The van der Waals surface area contributed by atoms with Gasteiger partial charge in [0.05, 0.1) is 6.54 Å². The first kappa shape index (κ1) is 16.3. The normalized spacial score (nSPS) is 10.6. The fraction of sp³-hybridized carbons (Fsp3) is 0.158. The first-order chi connectivity index (χ1) is 11.6. The largest absolute Gasteiger partial charge is 0.346 e. The molecule has 0 fully saturated rings. The lowest BCUT2D eigenvalue weighted by molar-refractivity contribution is 0.0950. The molecule has 122 valence electrons. The SMILES string of the molecule is Cc1ccc(Cc2cnc(CNC(=O)c3cccc(F)c3)s2)cc1. The highest BCUT2D eigenvalue weighted by Crippen LogP contribution is 2.18. The van der Waals surface area contributed by atoms with E-state index in [2.05, 4.69) is 41.5 Å². The fourth-order valence-electron chi connectivity index (χ4n) is 2.31. The van der Waals surface area contributed by atoms with Crippen LogP contribution < -0.4 is 5.32 Å². The van der Waals surface area contributed by atoms with Crippen molar-refractivity contribution < 1.29 is 9.18 Å². The summed E-state index contributed by atoms with van der Waals surface area (Å²) < 4.78 is 13.1. The highest BCUT2D eigenvalue weighted by molar-refractivity contribution is 7.11. The number of carbonyl (C=O) groups excluding carboxylic acids is 1. The zero-order valence-corrected chi connectivity index (χ0v) is 14.1. The Morgan fingerprint density at radius 2 is 2.00 bits per heavy atom. The number of carbonyl (C=O) groups is 1. The molecule has 0 saturated heterocycles. The zero-order valence-electron chi connectivity index (χ0n) is 13.3. The van der Waals surface area contributed by atoms with E-state index in [4.69, 9.17) is 0 Å². The number of amides is 1. The van der Waals surface area contributed by atoms with Gasteiger partial charge in [-0.1, -0.05) is 35.9 Å². The minimum Gasteiger partial charge on any atom is -0.346 e. The molecule has 3 nitrogen and oxygen atoms in total. The lowest BCUT2D eigenvalue weighted by Gasteiger charge is -2.03. The van der Waals surface area contributed by atoms with Gasteiger partial charge < -0.3 is 5.32 Å². The van der Waals surface area contributed by atoms with E-state index >= 15 is 0 Å². The summed E-state index contributed by atoms with van der Waals surface area (Å²) in [6.07, 6.45) is 2.67. The first-order valence-electron chi connectivity index (χ1n) is 7.63. The van der Waals surface area contributed by atoms with Crippen molar-refractivity contribution in [2.24, 2.45) is 0 Å². The van der Waals surface area contributed by atoms with Gasteiger partial charge >= 0.3 is 0 Å². The third kappa shape index (κ3) is 4.26. The monoisotopic (exact) mass is 340 g/mol. The maximum absolute atomic E-state index is 13.1. The van der Waals surface area contributed by atoms with Crippen molar-refractivity contribution in [3.8, 4) is 0 Å². The molecule has 1 aromatic heterocycles. The second-order valence-electron chi connectivity index (χ2n) is 5.58. The van der Waals surface area contributed by atoms with Crippen molar-refractivity contribution in [1.82, 2.24) is 10.3 Å². The van der Waals surface area contributed by atoms with Crippen LogP contribution in [0.4, 0.5) is 4.39 Å². The quantitative estimate of drug-likeness (QED) is 0.759. The van der Waals surface area contributed by atoms with Crippen LogP contribution in [0.1, 0.15) is 31.4 Å². The van der Waals surface area contributed by atoms with E-state index < -0.39 is 5.82 Å². The summed E-state index contributed by atoms with van der Waals surface area (Å²) in [4.78, 5) is 17.5. The predicted octanol–water partition coefficient (Wildman–Crippen LogP) is 4.11. The van der Waals surface area contributed by atoms with E-state index in [1.54, 1.807) is 17.4 Å². The molecule has 0 bridgehead atoms. The smallest absolute Gasteiger partial charge is 0.251 e.